The zero-order valence-corrected chi connectivity index (χ0v) is 23.3. The van der Waals surface area contributed by atoms with Gasteiger partial charge in [0, 0.05) is 48.8 Å². The number of aromatic amines is 1. The third-order valence-corrected chi connectivity index (χ3v) is 9.12. The molecule has 208 valence electrons. The van der Waals surface area contributed by atoms with Crippen LogP contribution in [0, 0.1) is 13.8 Å². The summed E-state index contributed by atoms with van der Waals surface area (Å²) in [6, 6.07) is 10.2. The van der Waals surface area contributed by atoms with E-state index in [-0.39, 0.29) is 33.6 Å². The van der Waals surface area contributed by atoms with E-state index in [0.29, 0.717) is 46.9 Å². The molecule has 0 spiro atoms. The summed E-state index contributed by atoms with van der Waals surface area (Å²) in [5, 5.41) is 12.0. The SMILES string of the molecule is Cc1[nH]c(/C=C2\C(=O)Nc3ccc(S(=O)(=O)Cc4cccc(C(=O)O)c4)cc32)c(C)c1C(=O)N1CCN(C)CC1. The maximum Gasteiger partial charge on any atom is 0.335 e. The van der Waals surface area contributed by atoms with Gasteiger partial charge in [-0.25, -0.2) is 13.2 Å². The van der Waals surface area contributed by atoms with Gasteiger partial charge in [-0.3, -0.25) is 9.59 Å². The largest absolute Gasteiger partial charge is 0.478 e. The number of carbonyl (C=O) groups excluding carboxylic acids is 2. The summed E-state index contributed by atoms with van der Waals surface area (Å²) in [6.07, 6.45) is 1.65. The molecule has 3 heterocycles. The number of carbonyl (C=O) groups is 3. The van der Waals surface area contributed by atoms with E-state index in [1.165, 1.54) is 30.3 Å². The molecule has 2 aliphatic heterocycles. The Morgan fingerprint density at radius 3 is 2.48 bits per heavy atom. The Morgan fingerprint density at radius 2 is 1.77 bits per heavy atom. The molecule has 0 unspecified atom stereocenters. The summed E-state index contributed by atoms with van der Waals surface area (Å²) in [5.41, 5.74) is 4.15. The minimum Gasteiger partial charge on any atom is -0.478 e. The Kier molecular flexibility index (Phi) is 7.11. The van der Waals surface area contributed by atoms with Gasteiger partial charge in [0.05, 0.1) is 27.3 Å². The molecule has 11 heteroatoms. The molecular formula is C29H30N4O6S. The molecule has 0 bridgehead atoms. The van der Waals surface area contributed by atoms with Gasteiger partial charge in [-0.05, 0) is 68.4 Å². The number of amides is 2. The molecule has 3 N–H and O–H groups in total. The van der Waals surface area contributed by atoms with Crippen LogP contribution in [0.4, 0.5) is 5.69 Å². The van der Waals surface area contributed by atoms with Crippen molar-refractivity contribution in [1.82, 2.24) is 14.8 Å². The fraction of sp³-hybridized carbons (Fsp3) is 0.276. The zero-order valence-electron chi connectivity index (χ0n) is 22.4. The van der Waals surface area contributed by atoms with Gasteiger partial charge in [0.2, 0.25) is 0 Å². The van der Waals surface area contributed by atoms with Crippen molar-refractivity contribution in [3.05, 3.63) is 81.7 Å². The minimum atomic E-state index is -3.85. The summed E-state index contributed by atoms with van der Waals surface area (Å²) in [6.45, 7) is 6.55. The average Bonchev–Trinajstić information content (AvgIpc) is 3.37. The van der Waals surface area contributed by atoms with E-state index in [9.17, 15) is 27.9 Å². The highest BCUT2D eigenvalue weighted by molar-refractivity contribution is 7.90. The fourth-order valence-corrected chi connectivity index (χ4v) is 6.51. The quantitative estimate of drug-likeness (QED) is 0.392. The van der Waals surface area contributed by atoms with E-state index in [1.807, 2.05) is 25.8 Å². The van der Waals surface area contributed by atoms with Gasteiger partial charge in [0.25, 0.3) is 11.8 Å². The van der Waals surface area contributed by atoms with Gasteiger partial charge in [-0.15, -0.1) is 0 Å². The van der Waals surface area contributed by atoms with Crippen LogP contribution in [0.5, 0.6) is 0 Å². The summed E-state index contributed by atoms with van der Waals surface area (Å²) >= 11 is 0. The van der Waals surface area contributed by atoms with E-state index >= 15 is 0 Å². The molecule has 0 atom stereocenters. The van der Waals surface area contributed by atoms with Crippen LogP contribution in [0.3, 0.4) is 0 Å². The van der Waals surface area contributed by atoms with Crippen LogP contribution < -0.4 is 5.32 Å². The van der Waals surface area contributed by atoms with Crippen LogP contribution >= 0.6 is 0 Å². The summed E-state index contributed by atoms with van der Waals surface area (Å²) in [4.78, 5) is 44.8. The molecule has 1 aromatic heterocycles. The Balaban J connectivity index is 1.46. The second kappa shape index (κ2) is 10.4. The van der Waals surface area contributed by atoms with E-state index in [1.54, 1.807) is 18.2 Å². The first-order valence-corrected chi connectivity index (χ1v) is 14.5. The lowest BCUT2D eigenvalue weighted by Crippen LogP contribution is -2.47. The van der Waals surface area contributed by atoms with Gasteiger partial charge >= 0.3 is 5.97 Å². The number of hydrogen-bond donors (Lipinski definition) is 3. The molecular weight excluding hydrogens is 532 g/mol. The molecule has 0 saturated carbocycles. The number of hydrogen-bond acceptors (Lipinski definition) is 6. The van der Waals surface area contributed by atoms with Gasteiger partial charge in [-0.2, -0.15) is 0 Å². The standard InChI is InChI=1S/C29H30N4O6S/c1-17-25(30-18(2)26(17)28(35)33-11-9-32(3)10-12-33)15-23-22-14-21(7-8-24(22)31-27(23)34)40(38,39)16-19-5-4-6-20(13-19)29(36)37/h4-8,13-15,30H,9-12,16H2,1-3H3,(H,31,34)(H,36,37)/b23-15-. The number of carboxylic acid groups (broad SMARTS) is 1. The highest BCUT2D eigenvalue weighted by Crippen LogP contribution is 2.36. The molecule has 40 heavy (non-hydrogen) atoms. The van der Waals surface area contributed by atoms with E-state index in [0.717, 1.165) is 18.7 Å². The zero-order chi connectivity index (χ0) is 28.8. The first-order chi connectivity index (χ1) is 18.9. The van der Waals surface area contributed by atoms with Crippen molar-refractivity contribution in [1.29, 1.82) is 0 Å². The number of likely N-dealkylation sites (N-methyl/N-ethyl adjacent to an activating group) is 1. The number of carboxylic acids is 1. The topological polar surface area (TPSA) is 140 Å². The van der Waals surface area contributed by atoms with Crippen molar-refractivity contribution in [2.75, 3.05) is 38.5 Å². The molecule has 10 nitrogen and oxygen atoms in total. The Bertz CT molecular complexity index is 1680. The van der Waals surface area contributed by atoms with Crippen LogP contribution in [-0.2, 0) is 20.4 Å². The van der Waals surface area contributed by atoms with E-state index in [4.69, 9.17) is 0 Å². The summed E-state index contributed by atoms with van der Waals surface area (Å²) in [7, 11) is -1.83. The van der Waals surface area contributed by atoms with Crippen molar-refractivity contribution in [3.8, 4) is 0 Å². The van der Waals surface area contributed by atoms with Crippen LogP contribution in [0.25, 0.3) is 11.6 Å². The second-order valence-corrected chi connectivity index (χ2v) is 12.2. The third-order valence-electron chi connectivity index (χ3n) is 7.43. The Hall–Kier alpha value is -4.22. The number of fused-ring (bicyclic) bond motifs is 1. The molecule has 2 aromatic carbocycles. The molecule has 1 fully saturated rings. The van der Waals surface area contributed by atoms with Gasteiger partial charge in [0.1, 0.15) is 0 Å². The predicted molar refractivity (Wildman–Crippen MR) is 151 cm³/mol. The van der Waals surface area contributed by atoms with Crippen LogP contribution in [0.1, 0.15) is 48.8 Å². The third kappa shape index (κ3) is 5.17. The van der Waals surface area contributed by atoms with E-state index < -0.39 is 15.8 Å². The maximum absolute atomic E-state index is 13.3. The number of rotatable bonds is 6. The smallest absolute Gasteiger partial charge is 0.335 e. The van der Waals surface area contributed by atoms with Gasteiger partial charge in [0.15, 0.2) is 9.84 Å². The number of nitrogens with one attached hydrogen (secondary N) is 2. The number of aromatic carboxylic acids is 1. The average molecular weight is 563 g/mol. The first kappa shape index (κ1) is 27.4. The van der Waals surface area contributed by atoms with Crippen molar-refractivity contribution < 1.29 is 27.9 Å². The van der Waals surface area contributed by atoms with Crippen LogP contribution in [0.2, 0.25) is 0 Å². The second-order valence-electron chi connectivity index (χ2n) is 10.2. The lowest BCUT2D eigenvalue weighted by atomic mass is 10.0. The molecule has 2 aliphatic rings. The van der Waals surface area contributed by atoms with Crippen LogP contribution in [0.15, 0.2) is 47.4 Å². The highest BCUT2D eigenvalue weighted by atomic mass is 32.2. The normalized spacial score (nSPS) is 16.7. The molecule has 1 saturated heterocycles. The van der Waals surface area contributed by atoms with Crippen molar-refractivity contribution in [2.45, 2.75) is 24.5 Å². The first-order valence-electron chi connectivity index (χ1n) is 12.8. The van der Waals surface area contributed by atoms with Crippen molar-refractivity contribution >= 4 is 45.0 Å². The number of piperazine rings is 1. The molecule has 5 rings (SSSR count). The van der Waals surface area contributed by atoms with Crippen molar-refractivity contribution in [2.24, 2.45) is 0 Å². The lowest BCUT2D eigenvalue weighted by Gasteiger charge is -2.32. The molecule has 2 amide bonds. The Morgan fingerprint density at radius 1 is 1.05 bits per heavy atom. The maximum atomic E-state index is 13.3. The monoisotopic (exact) mass is 562 g/mol. The summed E-state index contributed by atoms with van der Waals surface area (Å²) in [5.74, 6) is -1.96. The van der Waals surface area contributed by atoms with Crippen LogP contribution in [-0.4, -0.2) is 79.3 Å². The van der Waals surface area contributed by atoms with Gasteiger partial charge in [-0.1, -0.05) is 12.1 Å². The number of nitrogens with zero attached hydrogens (tertiary/aromatic N) is 2. The number of sulfone groups is 1. The molecule has 3 aromatic rings. The van der Waals surface area contributed by atoms with Crippen molar-refractivity contribution in [3.63, 3.8) is 0 Å². The number of anilines is 1. The fourth-order valence-electron chi connectivity index (χ4n) is 5.15. The number of H-pyrrole nitrogens is 1. The Labute approximate surface area is 232 Å². The number of aromatic nitrogens is 1. The lowest BCUT2D eigenvalue weighted by molar-refractivity contribution is -0.110. The van der Waals surface area contributed by atoms with E-state index in [2.05, 4.69) is 15.2 Å². The van der Waals surface area contributed by atoms with Gasteiger partial charge < -0.3 is 25.2 Å². The molecule has 0 radical (unpaired) electrons. The number of benzene rings is 2. The molecule has 0 aliphatic carbocycles. The predicted octanol–water partition coefficient (Wildman–Crippen LogP) is 3.18. The highest BCUT2D eigenvalue weighted by Gasteiger charge is 2.29. The number of aryl methyl sites for hydroxylation is 1. The minimum absolute atomic E-state index is 0.00348. The summed E-state index contributed by atoms with van der Waals surface area (Å²) < 4.78 is 26.5.